The van der Waals surface area contributed by atoms with E-state index >= 15 is 0 Å². The summed E-state index contributed by atoms with van der Waals surface area (Å²) in [5.74, 6) is 1.33. The first kappa shape index (κ1) is 26.8. The van der Waals surface area contributed by atoms with E-state index in [1.807, 2.05) is 0 Å². The molecule has 3 rings (SSSR count). The summed E-state index contributed by atoms with van der Waals surface area (Å²) in [5, 5.41) is 6.70. The van der Waals surface area contributed by atoms with E-state index in [-0.39, 0.29) is 41.8 Å². The molecule has 7 nitrogen and oxygen atoms in total. The van der Waals surface area contributed by atoms with Crippen LogP contribution in [-0.2, 0) is 11.3 Å². The maximum atomic E-state index is 12.8. The molecule has 1 heterocycles. The van der Waals surface area contributed by atoms with Gasteiger partial charge >= 0.3 is 6.61 Å². The Kier molecular flexibility index (Phi) is 11.2. The minimum absolute atomic E-state index is 0. The van der Waals surface area contributed by atoms with Gasteiger partial charge in [0.15, 0.2) is 5.96 Å². The molecule has 2 fully saturated rings. The monoisotopic (exact) mass is 568 g/mol. The zero-order chi connectivity index (χ0) is 22.1. The van der Waals surface area contributed by atoms with Crippen LogP contribution < -0.4 is 20.1 Å². The molecule has 182 valence electrons. The number of ether oxygens (including phenoxy) is 3. The van der Waals surface area contributed by atoms with E-state index in [2.05, 4.69) is 25.3 Å². The maximum absolute atomic E-state index is 12.8. The zero-order valence-corrected chi connectivity index (χ0v) is 21.2. The van der Waals surface area contributed by atoms with E-state index in [0.717, 1.165) is 45.7 Å². The standard InChI is InChI=1S/C22H34F2N4O3.HI/c1-25-21(26-15-17-14-18(29-2)6-7-19(17)31-20(23)24)27-16-22(8-4-3-5-9-22)28-10-12-30-13-11-28;/h6-7,14,20H,3-5,8-13,15-16H2,1-2H3,(H2,25,26,27);1H. The molecule has 0 atom stereocenters. The van der Waals surface area contributed by atoms with Crippen molar-refractivity contribution in [2.45, 2.75) is 50.8 Å². The van der Waals surface area contributed by atoms with Crippen molar-refractivity contribution in [3.8, 4) is 11.5 Å². The predicted octanol–water partition coefficient (Wildman–Crippen LogP) is 3.61. The molecule has 0 bridgehead atoms. The number of aliphatic imine (C=N–C) groups is 1. The number of guanidine groups is 1. The third kappa shape index (κ3) is 7.31. The van der Waals surface area contributed by atoms with Gasteiger partial charge in [-0.15, -0.1) is 24.0 Å². The third-order valence-corrected chi connectivity index (χ3v) is 6.20. The Balaban J connectivity index is 0.00000363. The van der Waals surface area contributed by atoms with Crippen molar-refractivity contribution in [1.82, 2.24) is 15.5 Å². The lowest BCUT2D eigenvalue weighted by molar-refractivity contribution is -0.0505. The first-order chi connectivity index (χ1) is 15.1. The van der Waals surface area contributed by atoms with Crippen LogP contribution in [-0.4, -0.2) is 70.0 Å². The van der Waals surface area contributed by atoms with Crippen LogP contribution in [0.4, 0.5) is 8.78 Å². The number of morpholine rings is 1. The minimum atomic E-state index is -2.88. The lowest BCUT2D eigenvalue weighted by atomic mass is 9.80. The molecule has 10 heteroatoms. The third-order valence-electron chi connectivity index (χ3n) is 6.20. The fourth-order valence-electron chi connectivity index (χ4n) is 4.53. The van der Waals surface area contributed by atoms with E-state index in [1.165, 1.54) is 32.4 Å². The Morgan fingerprint density at radius 2 is 1.91 bits per heavy atom. The van der Waals surface area contributed by atoms with Crippen LogP contribution in [0.2, 0.25) is 0 Å². The van der Waals surface area contributed by atoms with Crippen LogP contribution in [0.5, 0.6) is 11.5 Å². The molecular weight excluding hydrogens is 533 g/mol. The summed E-state index contributed by atoms with van der Waals surface area (Å²) < 4.78 is 41.0. The van der Waals surface area contributed by atoms with Gasteiger partial charge in [-0.25, -0.2) is 0 Å². The summed E-state index contributed by atoms with van der Waals surface area (Å²) in [4.78, 5) is 6.89. The molecule has 2 N–H and O–H groups in total. The first-order valence-electron chi connectivity index (χ1n) is 11.0. The molecular formula is C22H35F2IN4O3. The largest absolute Gasteiger partial charge is 0.497 e. The predicted molar refractivity (Wildman–Crippen MR) is 131 cm³/mol. The number of hydrogen-bond donors (Lipinski definition) is 2. The van der Waals surface area contributed by atoms with E-state index in [1.54, 1.807) is 19.2 Å². The lowest BCUT2D eigenvalue weighted by Crippen LogP contribution is -2.60. The van der Waals surface area contributed by atoms with E-state index in [9.17, 15) is 8.78 Å². The Bertz CT molecular complexity index is 727. The summed E-state index contributed by atoms with van der Waals surface area (Å²) >= 11 is 0. The normalized spacial score (nSPS) is 19.2. The van der Waals surface area contributed by atoms with Crippen LogP contribution in [0.3, 0.4) is 0 Å². The number of halogens is 3. The van der Waals surface area contributed by atoms with Gasteiger partial charge in [0.05, 0.1) is 20.3 Å². The number of methoxy groups -OCH3 is 1. The summed E-state index contributed by atoms with van der Waals surface area (Å²) in [6.45, 7) is 1.63. The molecule has 1 saturated heterocycles. The van der Waals surface area contributed by atoms with Crippen LogP contribution in [0.25, 0.3) is 0 Å². The average Bonchev–Trinajstić information content (AvgIpc) is 2.81. The second-order valence-corrected chi connectivity index (χ2v) is 8.02. The van der Waals surface area contributed by atoms with Crippen LogP contribution in [0.15, 0.2) is 23.2 Å². The van der Waals surface area contributed by atoms with Gasteiger partial charge in [-0.05, 0) is 31.0 Å². The summed E-state index contributed by atoms with van der Waals surface area (Å²) in [5.41, 5.74) is 0.669. The highest BCUT2D eigenvalue weighted by Gasteiger charge is 2.38. The number of alkyl halides is 2. The molecule has 1 aromatic rings. The SMILES string of the molecule is CN=C(NCc1cc(OC)ccc1OC(F)F)NCC1(N2CCOCC2)CCCCC1.I. The Labute approximate surface area is 206 Å². The molecule has 1 aromatic carbocycles. The molecule has 1 saturated carbocycles. The van der Waals surface area contributed by atoms with Gasteiger partial charge in [0.2, 0.25) is 0 Å². The van der Waals surface area contributed by atoms with Crippen molar-refractivity contribution in [2.75, 3.05) is 47.0 Å². The number of benzene rings is 1. The van der Waals surface area contributed by atoms with Gasteiger partial charge in [0.1, 0.15) is 11.5 Å². The van der Waals surface area contributed by atoms with Gasteiger partial charge in [0, 0.05) is 44.3 Å². The molecule has 0 radical (unpaired) electrons. The van der Waals surface area contributed by atoms with E-state index < -0.39 is 6.61 Å². The maximum Gasteiger partial charge on any atom is 0.387 e. The van der Waals surface area contributed by atoms with Crippen molar-refractivity contribution in [2.24, 2.45) is 4.99 Å². The van der Waals surface area contributed by atoms with Crippen LogP contribution in [0, 0.1) is 0 Å². The van der Waals surface area contributed by atoms with Gasteiger partial charge in [-0.1, -0.05) is 19.3 Å². The summed E-state index contributed by atoms with van der Waals surface area (Å²) in [7, 11) is 3.25. The Morgan fingerprint density at radius 3 is 2.53 bits per heavy atom. The van der Waals surface area contributed by atoms with Crippen LogP contribution in [0.1, 0.15) is 37.7 Å². The minimum Gasteiger partial charge on any atom is -0.497 e. The molecule has 32 heavy (non-hydrogen) atoms. The highest BCUT2D eigenvalue weighted by molar-refractivity contribution is 14.0. The van der Waals surface area contributed by atoms with Crippen molar-refractivity contribution in [1.29, 1.82) is 0 Å². The number of nitrogens with one attached hydrogen (secondary N) is 2. The number of nitrogens with zero attached hydrogens (tertiary/aromatic N) is 2. The van der Waals surface area contributed by atoms with Gasteiger partial charge in [0.25, 0.3) is 0 Å². The Hall–Kier alpha value is -1.40. The molecule has 0 aromatic heterocycles. The second-order valence-electron chi connectivity index (χ2n) is 8.02. The highest BCUT2D eigenvalue weighted by atomic mass is 127. The van der Waals surface area contributed by atoms with Crippen molar-refractivity contribution < 1.29 is 23.0 Å². The quantitative estimate of drug-likeness (QED) is 0.284. The topological polar surface area (TPSA) is 67.4 Å². The van der Waals surface area contributed by atoms with E-state index in [0.29, 0.717) is 17.3 Å². The molecule has 2 aliphatic rings. The zero-order valence-electron chi connectivity index (χ0n) is 18.9. The summed E-state index contributed by atoms with van der Waals surface area (Å²) in [6.07, 6.45) is 6.03. The molecule has 1 aliphatic carbocycles. The van der Waals surface area contributed by atoms with E-state index in [4.69, 9.17) is 9.47 Å². The fourth-order valence-corrected chi connectivity index (χ4v) is 4.53. The molecule has 0 amide bonds. The smallest absolute Gasteiger partial charge is 0.387 e. The fraction of sp³-hybridized carbons (Fsp3) is 0.682. The molecule has 1 aliphatic heterocycles. The van der Waals surface area contributed by atoms with Crippen LogP contribution >= 0.6 is 24.0 Å². The van der Waals surface area contributed by atoms with Gasteiger partial charge in [-0.3, -0.25) is 9.89 Å². The summed E-state index contributed by atoms with van der Waals surface area (Å²) in [6, 6.07) is 4.78. The van der Waals surface area contributed by atoms with Crippen molar-refractivity contribution in [3.63, 3.8) is 0 Å². The second kappa shape index (κ2) is 13.3. The Morgan fingerprint density at radius 1 is 1.19 bits per heavy atom. The highest BCUT2D eigenvalue weighted by Crippen LogP contribution is 2.34. The molecule has 0 spiro atoms. The first-order valence-corrected chi connectivity index (χ1v) is 11.0. The van der Waals surface area contributed by atoms with Gasteiger partial charge in [-0.2, -0.15) is 8.78 Å². The van der Waals surface area contributed by atoms with Crippen molar-refractivity contribution >= 4 is 29.9 Å². The lowest BCUT2D eigenvalue weighted by Gasteiger charge is -2.48. The number of hydrogen-bond acceptors (Lipinski definition) is 5. The number of rotatable bonds is 8. The van der Waals surface area contributed by atoms with Crippen molar-refractivity contribution in [3.05, 3.63) is 23.8 Å². The average molecular weight is 568 g/mol. The molecule has 0 unspecified atom stereocenters. The van der Waals surface area contributed by atoms with Gasteiger partial charge < -0.3 is 24.8 Å².